The molecule has 1 aliphatic heterocycles. The fourth-order valence-corrected chi connectivity index (χ4v) is 4.88. The van der Waals surface area contributed by atoms with Gasteiger partial charge in [0, 0.05) is 31.1 Å². The Balaban J connectivity index is 1.00. The van der Waals surface area contributed by atoms with Crippen LogP contribution in [0.5, 0.6) is 5.88 Å². The fourth-order valence-electron chi connectivity index (χ4n) is 4.88. The molecule has 176 valence electrons. The van der Waals surface area contributed by atoms with E-state index in [0.29, 0.717) is 42.9 Å². The Kier molecular flexibility index (Phi) is 4.82. The molecule has 4 saturated carbocycles. The topological polar surface area (TPSA) is 132 Å². The number of amides is 2. The summed E-state index contributed by atoms with van der Waals surface area (Å²) in [5.41, 5.74) is 1.09. The molecule has 7 rings (SSSR count). The van der Waals surface area contributed by atoms with E-state index in [1.54, 1.807) is 19.2 Å². The van der Waals surface area contributed by atoms with E-state index in [9.17, 15) is 9.59 Å². The Morgan fingerprint density at radius 2 is 2.12 bits per heavy atom. The van der Waals surface area contributed by atoms with Crippen molar-refractivity contribution in [3.05, 3.63) is 23.5 Å². The molecule has 5 fully saturated rings. The van der Waals surface area contributed by atoms with Crippen LogP contribution in [0.3, 0.4) is 0 Å². The van der Waals surface area contributed by atoms with Crippen LogP contribution in [0, 0.1) is 11.8 Å². The molecule has 2 amide bonds. The van der Waals surface area contributed by atoms with Gasteiger partial charge in [-0.3, -0.25) is 14.6 Å². The Morgan fingerprint density at radius 1 is 1.30 bits per heavy atom. The van der Waals surface area contributed by atoms with Gasteiger partial charge in [0.2, 0.25) is 5.88 Å². The summed E-state index contributed by atoms with van der Waals surface area (Å²) in [5, 5.41) is 17.1. The van der Waals surface area contributed by atoms with Crippen LogP contribution in [0.15, 0.2) is 12.1 Å². The third-order valence-electron chi connectivity index (χ3n) is 7.08. The van der Waals surface area contributed by atoms with Crippen molar-refractivity contribution in [1.29, 1.82) is 0 Å². The highest BCUT2D eigenvalue weighted by molar-refractivity contribution is 6.02. The van der Waals surface area contributed by atoms with E-state index in [0.717, 1.165) is 30.9 Å². The summed E-state index contributed by atoms with van der Waals surface area (Å²) in [6.45, 7) is 0.961. The minimum atomic E-state index is -0.364. The quantitative estimate of drug-likeness (QED) is 0.555. The normalized spacial score (nSPS) is 29.7. The minimum Gasteiger partial charge on any atom is -0.476 e. The zero-order chi connectivity index (χ0) is 22.6. The number of aromatic nitrogens is 4. The lowest BCUT2D eigenvalue weighted by Gasteiger charge is -2.61. The summed E-state index contributed by atoms with van der Waals surface area (Å²) in [6.07, 6.45) is 5.16. The van der Waals surface area contributed by atoms with Gasteiger partial charge in [-0.05, 0) is 43.9 Å². The fraction of sp³-hybridized carbons (Fsp3) is 0.636. The second-order valence-electron chi connectivity index (χ2n) is 9.88. The molecule has 11 nitrogen and oxygen atoms in total. The molecule has 0 spiro atoms. The van der Waals surface area contributed by atoms with E-state index in [1.165, 1.54) is 17.5 Å². The van der Waals surface area contributed by atoms with Crippen LogP contribution in [0.1, 0.15) is 60.8 Å². The first-order valence-electron chi connectivity index (χ1n) is 11.6. The summed E-state index contributed by atoms with van der Waals surface area (Å²) in [4.78, 5) is 24.8. The third kappa shape index (κ3) is 4.17. The highest BCUT2D eigenvalue weighted by Gasteiger charge is 2.57. The van der Waals surface area contributed by atoms with Crippen molar-refractivity contribution in [3.8, 4) is 5.88 Å². The highest BCUT2D eigenvalue weighted by atomic mass is 16.6. The van der Waals surface area contributed by atoms with Gasteiger partial charge < -0.3 is 24.8 Å². The molecule has 0 aromatic carbocycles. The van der Waals surface area contributed by atoms with E-state index in [-0.39, 0.29) is 29.7 Å². The van der Waals surface area contributed by atoms with E-state index < -0.39 is 0 Å². The molecular formula is C22H28N6O5. The molecule has 2 bridgehead atoms. The standard InChI is InChI=1S/C22H28N6O5/c1-28-16(6-19(27-28)32-10-12-2-3-12)20(29)23-18-5-15(25-26-18)17-4-14(11-31-17)33-21(30)24-22-7-13(8-22)9-22/h5-6,12-14,17H,2-4,7-11H2,1H3,(H,24,30)(H2,23,25,26,29)/t13?,14-,17-,22?/m1/s1. The molecule has 0 radical (unpaired) electrons. The van der Waals surface area contributed by atoms with Gasteiger partial charge in [0.15, 0.2) is 5.82 Å². The number of H-pyrrole nitrogens is 1. The minimum absolute atomic E-state index is 0.00489. The molecule has 33 heavy (non-hydrogen) atoms. The number of carbonyl (C=O) groups is 2. The summed E-state index contributed by atoms with van der Waals surface area (Å²) >= 11 is 0. The maximum Gasteiger partial charge on any atom is 0.407 e. The van der Waals surface area contributed by atoms with Gasteiger partial charge in [-0.2, -0.15) is 5.10 Å². The third-order valence-corrected chi connectivity index (χ3v) is 7.08. The molecule has 4 aliphatic carbocycles. The van der Waals surface area contributed by atoms with Crippen molar-refractivity contribution in [2.45, 2.75) is 56.3 Å². The number of anilines is 1. The van der Waals surface area contributed by atoms with Gasteiger partial charge in [0.1, 0.15) is 17.9 Å². The van der Waals surface area contributed by atoms with Crippen LogP contribution in [-0.4, -0.2) is 56.8 Å². The number of rotatable bonds is 8. The summed E-state index contributed by atoms with van der Waals surface area (Å²) < 4.78 is 18.5. The van der Waals surface area contributed by atoms with E-state index in [1.807, 2.05) is 0 Å². The number of alkyl carbamates (subject to hydrolysis) is 1. The number of nitrogens with one attached hydrogen (secondary N) is 3. The average molecular weight is 457 g/mol. The number of hydrogen-bond acceptors (Lipinski definition) is 7. The lowest BCUT2D eigenvalue weighted by Crippen LogP contribution is -2.68. The zero-order valence-corrected chi connectivity index (χ0v) is 18.5. The van der Waals surface area contributed by atoms with E-state index in [2.05, 4.69) is 25.9 Å². The SMILES string of the molecule is Cn1nc(OCC2CC2)cc1C(=O)Nc1cc([C@H]2C[C@@H](OC(=O)NC34CC(C3)C4)CO2)[nH]n1. The molecule has 2 aromatic heterocycles. The van der Waals surface area contributed by atoms with Crippen LogP contribution in [0.25, 0.3) is 0 Å². The summed E-state index contributed by atoms with van der Waals surface area (Å²) in [7, 11) is 1.70. The van der Waals surface area contributed by atoms with Crippen LogP contribution >= 0.6 is 0 Å². The van der Waals surface area contributed by atoms with Gasteiger partial charge in [-0.15, -0.1) is 5.10 Å². The average Bonchev–Trinajstić information content (AvgIpc) is 3.08. The van der Waals surface area contributed by atoms with Crippen molar-refractivity contribution in [3.63, 3.8) is 0 Å². The summed E-state index contributed by atoms with van der Waals surface area (Å²) in [6, 6.07) is 3.36. The first-order valence-corrected chi connectivity index (χ1v) is 11.6. The molecule has 3 N–H and O–H groups in total. The van der Waals surface area contributed by atoms with Crippen LogP contribution < -0.4 is 15.4 Å². The Morgan fingerprint density at radius 3 is 2.85 bits per heavy atom. The molecule has 2 aromatic rings. The number of ether oxygens (including phenoxy) is 3. The Bertz CT molecular complexity index is 1060. The highest BCUT2D eigenvalue weighted by Crippen LogP contribution is 2.56. The smallest absolute Gasteiger partial charge is 0.407 e. The first kappa shape index (κ1) is 20.5. The molecule has 11 heteroatoms. The number of aromatic amines is 1. The van der Waals surface area contributed by atoms with Gasteiger partial charge >= 0.3 is 6.09 Å². The zero-order valence-electron chi connectivity index (χ0n) is 18.5. The molecule has 2 atom stereocenters. The van der Waals surface area contributed by atoms with Crippen molar-refractivity contribution < 1.29 is 23.8 Å². The largest absolute Gasteiger partial charge is 0.476 e. The second-order valence-corrected chi connectivity index (χ2v) is 9.88. The number of nitrogens with zero attached hydrogens (tertiary/aromatic N) is 3. The molecule has 3 heterocycles. The van der Waals surface area contributed by atoms with Crippen molar-refractivity contribution >= 4 is 17.8 Å². The number of carbonyl (C=O) groups excluding carboxylic acids is 2. The Labute approximate surface area is 190 Å². The van der Waals surface area contributed by atoms with Crippen molar-refractivity contribution in [2.24, 2.45) is 18.9 Å². The predicted molar refractivity (Wildman–Crippen MR) is 115 cm³/mol. The first-order chi connectivity index (χ1) is 15.9. The predicted octanol–water partition coefficient (Wildman–Crippen LogP) is 2.29. The number of aryl methyl sites for hydroxylation is 1. The number of hydrogen-bond donors (Lipinski definition) is 3. The molecular weight excluding hydrogens is 428 g/mol. The van der Waals surface area contributed by atoms with E-state index in [4.69, 9.17) is 14.2 Å². The molecule has 0 unspecified atom stereocenters. The van der Waals surface area contributed by atoms with Crippen molar-refractivity contribution in [1.82, 2.24) is 25.3 Å². The van der Waals surface area contributed by atoms with Crippen LogP contribution in [0.4, 0.5) is 10.6 Å². The van der Waals surface area contributed by atoms with Gasteiger partial charge in [-0.1, -0.05) is 0 Å². The van der Waals surface area contributed by atoms with Crippen molar-refractivity contribution in [2.75, 3.05) is 18.5 Å². The maximum atomic E-state index is 12.7. The monoisotopic (exact) mass is 456 g/mol. The summed E-state index contributed by atoms with van der Waals surface area (Å²) in [5.74, 6) is 1.90. The lowest BCUT2D eigenvalue weighted by molar-refractivity contribution is -0.0510. The van der Waals surface area contributed by atoms with Gasteiger partial charge in [0.05, 0.1) is 18.9 Å². The second kappa shape index (κ2) is 7.75. The van der Waals surface area contributed by atoms with E-state index >= 15 is 0 Å². The maximum absolute atomic E-state index is 12.7. The Hall–Kier alpha value is -3.08. The van der Waals surface area contributed by atoms with Crippen LogP contribution in [-0.2, 0) is 16.5 Å². The van der Waals surface area contributed by atoms with Gasteiger partial charge in [-0.25, -0.2) is 4.79 Å². The van der Waals surface area contributed by atoms with Crippen LogP contribution in [0.2, 0.25) is 0 Å². The molecule has 5 aliphatic rings. The van der Waals surface area contributed by atoms with Gasteiger partial charge in [0.25, 0.3) is 5.91 Å². The lowest BCUT2D eigenvalue weighted by atomic mass is 9.50. The molecule has 1 saturated heterocycles.